The summed E-state index contributed by atoms with van der Waals surface area (Å²) in [6, 6.07) is 16.8. The molecule has 2 rings (SSSR count). The molecule has 4 heteroatoms. The van der Waals surface area contributed by atoms with Crippen molar-refractivity contribution >= 4 is 16.6 Å². The van der Waals surface area contributed by atoms with E-state index in [1.165, 1.54) is 0 Å². The zero-order valence-corrected chi connectivity index (χ0v) is 14.0. The van der Waals surface area contributed by atoms with Gasteiger partial charge in [0.15, 0.2) is 5.78 Å². The van der Waals surface area contributed by atoms with E-state index in [0.29, 0.717) is 5.56 Å². The lowest BCUT2D eigenvalue weighted by Gasteiger charge is -2.22. The molecule has 0 spiro atoms. The summed E-state index contributed by atoms with van der Waals surface area (Å²) in [5, 5.41) is 0. The first-order valence-corrected chi connectivity index (χ1v) is 8.54. The van der Waals surface area contributed by atoms with Gasteiger partial charge in [-0.3, -0.25) is 9.00 Å². The van der Waals surface area contributed by atoms with Gasteiger partial charge >= 0.3 is 0 Å². The number of hydrogen-bond acceptors (Lipinski definition) is 3. The van der Waals surface area contributed by atoms with Crippen LogP contribution >= 0.6 is 0 Å². The first-order chi connectivity index (χ1) is 10.5. The molecule has 2 atom stereocenters. The van der Waals surface area contributed by atoms with E-state index in [9.17, 15) is 9.00 Å². The fourth-order valence-corrected chi connectivity index (χ4v) is 3.51. The van der Waals surface area contributed by atoms with Crippen molar-refractivity contribution in [1.82, 2.24) is 4.90 Å². The molecule has 22 heavy (non-hydrogen) atoms. The lowest BCUT2D eigenvalue weighted by molar-refractivity contribution is 0.102. The average Bonchev–Trinajstić information content (AvgIpc) is 2.54. The van der Waals surface area contributed by atoms with Crippen molar-refractivity contribution < 1.29 is 9.00 Å². The minimum absolute atomic E-state index is 0.0151. The quantitative estimate of drug-likeness (QED) is 0.768. The number of ketones is 1. The van der Waals surface area contributed by atoms with Gasteiger partial charge in [0.25, 0.3) is 0 Å². The van der Waals surface area contributed by atoms with E-state index in [1.54, 1.807) is 12.1 Å². The van der Waals surface area contributed by atoms with Crippen LogP contribution < -0.4 is 0 Å². The second-order valence-corrected chi connectivity index (χ2v) is 6.88. The minimum Gasteiger partial charge on any atom is -0.303 e. The van der Waals surface area contributed by atoms with Crippen LogP contribution in [0.15, 0.2) is 59.5 Å². The van der Waals surface area contributed by atoms with E-state index in [1.807, 2.05) is 56.6 Å². The lowest BCUT2D eigenvalue weighted by Crippen LogP contribution is -2.19. The Bertz CT molecular complexity index is 668. The molecule has 2 aromatic rings. The van der Waals surface area contributed by atoms with Crippen LogP contribution in [0.3, 0.4) is 0 Å². The number of carbonyl (C=O) groups is 1. The largest absolute Gasteiger partial charge is 0.303 e. The highest BCUT2D eigenvalue weighted by molar-refractivity contribution is 7.85. The molecule has 0 aromatic heterocycles. The average molecular weight is 315 g/mol. The van der Waals surface area contributed by atoms with E-state index in [4.69, 9.17) is 0 Å². The van der Waals surface area contributed by atoms with Gasteiger partial charge in [0.2, 0.25) is 0 Å². The predicted octanol–water partition coefficient (Wildman–Crippen LogP) is 3.30. The molecule has 116 valence electrons. The first kappa shape index (κ1) is 16.6. The van der Waals surface area contributed by atoms with E-state index in [-0.39, 0.29) is 17.6 Å². The third-order valence-corrected chi connectivity index (χ3v) is 5.13. The van der Waals surface area contributed by atoms with Crippen LogP contribution in [-0.2, 0) is 10.8 Å². The Labute approximate surface area is 134 Å². The first-order valence-electron chi connectivity index (χ1n) is 7.22. The molecule has 0 heterocycles. The number of carbonyl (C=O) groups excluding carboxylic acids is 1. The molecular formula is C18H21NO2S. The zero-order chi connectivity index (χ0) is 16.1. The third kappa shape index (κ3) is 3.90. The molecule has 0 radical (unpaired) electrons. The fraction of sp³-hybridized carbons (Fsp3) is 0.278. The van der Waals surface area contributed by atoms with Crippen LogP contribution in [0.2, 0.25) is 0 Å². The normalized spacial score (nSPS) is 13.8. The van der Waals surface area contributed by atoms with Crippen molar-refractivity contribution in [3.8, 4) is 0 Å². The number of rotatable bonds is 6. The molecule has 0 saturated heterocycles. The van der Waals surface area contributed by atoms with Crippen LogP contribution in [0.5, 0.6) is 0 Å². The summed E-state index contributed by atoms with van der Waals surface area (Å²) >= 11 is 0. The summed E-state index contributed by atoms with van der Waals surface area (Å²) in [7, 11) is 2.63. The molecule has 0 saturated carbocycles. The maximum absolute atomic E-state index is 12.6. The van der Waals surface area contributed by atoms with Crippen LogP contribution in [-0.4, -0.2) is 34.7 Å². The van der Waals surface area contributed by atoms with Gasteiger partial charge < -0.3 is 4.90 Å². The van der Waals surface area contributed by atoms with E-state index in [0.717, 1.165) is 10.5 Å². The fourth-order valence-electron chi connectivity index (χ4n) is 2.22. The second kappa shape index (κ2) is 7.47. The maximum atomic E-state index is 12.6. The Balaban J connectivity index is 2.22. The van der Waals surface area contributed by atoms with Gasteiger partial charge in [-0.05, 0) is 32.6 Å². The van der Waals surface area contributed by atoms with E-state index in [2.05, 4.69) is 11.8 Å². The van der Waals surface area contributed by atoms with Gasteiger partial charge in [-0.1, -0.05) is 48.5 Å². The standard InChI is InChI=1S/C18H21NO2S/c1-14(19(2)3)16-11-7-8-12-18(16)22(21)13-17(20)15-9-5-4-6-10-15/h4-12,14H,13H2,1-3H3/t14-,22+/m1/s1. The lowest BCUT2D eigenvalue weighted by atomic mass is 10.1. The van der Waals surface area contributed by atoms with Crippen molar-refractivity contribution in [1.29, 1.82) is 0 Å². The Hall–Kier alpha value is -1.78. The number of hydrogen-bond donors (Lipinski definition) is 0. The highest BCUT2D eigenvalue weighted by Gasteiger charge is 2.18. The Morgan fingerprint density at radius 2 is 1.64 bits per heavy atom. The molecule has 0 aliphatic rings. The van der Waals surface area contributed by atoms with Crippen LogP contribution in [0, 0.1) is 0 Å². The number of nitrogens with zero attached hydrogens (tertiary/aromatic N) is 1. The molecule has 3 nitrogen and oxygen atoms in total. The summed E-state index contributed by atoms with van der Waals surface area (Å²) in [5.41, 5.74) is 1.61. The van der Waals surface area contributed by atoms with Crippen molar-refractivity contribution in [2.24, 2.45) is 0 Å². The highest BCUT2D eigenvalue weighted by atomic mass is 32.2. The van der Waals surface area contributed by atoms with Crippen LogP contribution in [0.4, 0.5) is 0 Å². The summed E-state index contributed by atoms with van der Waals surface area (Å²) in [6.07, 6.45) is 0. The van der Waals surface area contributed by atoms with Crippen LogP contribution in [0.25, 0.3) is 0 Å². The molecular weight excluding hydrogens is 294 g/mol. The molecule has 0 aliphatic carbocycles. The Morgan fingerprint density at radius 3 is 2.27 bits per heavy atom. The molecule has 0 amide bonds. The predicted molar refractivity (Wildman–Crippen MR) is 90.6 cm³/mol. The van der Waals surface area contributed by atoms with Crippen molar-refractivity contribution in [2.45, 2.75) is 17.9 Å². The molecule has 0 N–H and O–H groups in total. The van der Waals surface area contributed by atoms with Crippen LogP contribution in [0.1, 0.15) is 28.9 Å². The SMILES string of the molecule is C[C@H](c1ccccc1[S@@](=O)CC(=O)c1ccccc1)N(C)C. The molecule has 0 fully saturated rings. The minimum atomic E-state index is -1.34. The summed E-state index contributed by atoms with van der Waals surface area (Å²) in [5.74, 6) is -0.0764. The zero-order valence-electron chi connectivity index (χ0n) is 13.2. The highest BCUT2D eigenvalue weighted by Crippen LogP contribution is 2.24. The maximum Gasteiger partial charge on any atom is 0.175 e. The van der Waals surface area contributed by atoms with Gasteiger partial charge in [-0.2, -0.15) is 0 Å². The Morgan fingerprint density at radius 1 is 1.05 bits per heavy atom. The molecule has 0 unspecified atom stereocenters. The third-order valence-electron chi connectivity index (χ3n) is 3.75. The van der Waals surface area contributed by atoms with E-state index < -0.39 is 10.8 Å². The topological polar surface area (TPSA) is 37.4 Å². The monoisotopic (exact) mass is 315 g/mol. The second-order valence-electron chi connectivity index (χ2n) is 5.46. The summed E-state index contributed by atoms with van der Waals surface area (Å²) in [4.78, 5) is 15.0. The smallest absolute Gasteiger partial charge is 0.175 e. The van der Waals surface area contributed by atoms with Crippen molar-refractivity contribution in [3.63, 3.8) is 0 Å². The van der Waals surface area contributed by atoms with Gasteiger partial charge in [0.1, 0.15) is 0 Å². The molecule has 2 aromatic carbocycles. The summed E-state index contributed by atoms with van der Waals surface area (Å²) in [6.45, 7) is 2.06. The molecule has 0 bridgehead atoms. The Kier molecular flexibility index (Phi) is 5.63. The van der Waals surface area contributed by atoms with Gasteiger partial charge in [0.05, 0.1) is 16.6 Å². The van der Waals surface area contributed by atoms with Crippen molar-refractivity contribution in [2.75, 3.05) is 19.8 Å². The van der Waals surface area contributed by atoms with Crippen molar-refractivity contribution in [3.05, 3.63) is 65.7 Å². The summed E-state index contributed by atoms with van der Waals surface area (Å²) < 4.78 is 12.6. The molecule has 0 aliphatic heterocycles. The van der Waals surface area contributed by atoms with Gasteiger partial charge in [-0.25, -0.2) is 0 Å². The number of benzene rings is 2. The van der Waals surface area contributed by atoms with E-state index >= 15 is 0 Å². The van der Waals surface area contributed by atoms with Gasteiger partial charge in [0, 0.05) is 16.5 Å². The number of Topliss-reactive ketones (excluding diaryl/α,β-unsaturated/α-hetero) is 1. The van der Waals surface area contributed by atoms with Gasteiger partial charge in [-0.15, -0.1) is 0 Å².